The molecule has 1 saturated heterocycles. The van der Waals surface area contributed by atoms with Gasteiger partial charge in [0.1, 0.15) is 11.5 Å². The minimum Gasteiger partial charge on any atom is -0.497 e. The lowest BCUT2D eigenvalue weighted by molar-refractivity contribution is -0.116. The molecule has 1 aromatic heterocycles. The molecule has 4 rings (SSSR count). The standard InChI is InChI=1S/C23H26N4O4/c1-30-16-9-10-18(20(15-16)31-2)24-21(28)11-14-27-19-8-4-3-7-17(19)25-22(23(27)29)26-12-5-6-13-26/h3-4,7-10,15H,5-6,11-14H2,1-2H3,(H,24,28). The number of methoxy groups -OCH3 is 2. The third-order valence-electron chi connectivity index (χ3n) is 5.49. The minimum atomic E-state index is -0.209. The zero-order valence-electron chi connectivity index (χ0n) is 17.8. The Kier molecular flexibility index (Phi) is 6.06. The number of ether oxygens (including phenoxy) is 2. The number of rotatable bonds is 7. The van der Waals surface area contributed by atoms with Crippen LogP contribution in [0.4, 0.5) is 11.5 Å². The summed E-state index contributed by atoms with van der Waals surface area (Å²) >= 11 is 0. The van der Waals surface area contributed by atoms with E-state index in [0.29, 0.717) is 23.0 Å². The van der Waals surface area contributed by atoms with E-state index in [0.717, 1.165) is 37.0 Å². The first-order valence-electron chi connectivity index (χ1n) is 10.4. The number of carbonyl (C=O) groups excluding carboxylic acids is 1. The SMILES string of the molecule is COc1ccc(NC(=O)CCn2c(=O)c(N3CCCC3)nc3ccccc32)c(OC)c1. The fourth-order valence-corrected chi connectivity index (χ4v) is 3.86. The molecule has 2 aromatic carbocycles. The second-order valence-electron chi connectivity index (χ2n) is 7.44. The van der Waals surface area contributed by atoms with Gasteiger partial charge < -0.3 is 24.3 Å². The molecule has 0 radical (unpaired) electrons. The number of hydrogen-bond donors (Lipinski definition) is 1. The van der Waals surface area contributed by atoms with Crippen molar-refractivity contribution in [1.29, 1.82) is 0 Å². The van der Waals surface area contributed by atoms with Gasteiger partial charge in [-0.1, -0.05) is 12.1 Å². The van der Waals surface area contributed by atoms with E-state index >= 15 is 0 Å². The maximum Gasteiger partial charge on any atom is 0.294 e. The number of carbonyl (C=O) groups is 1. The monoisotopic (exact) mass is 422 g/mol. The second kappa shape index (κ2) is 9.07. The maximum absolute atomic E-state index is 13.2. The summed E-state index contributed by atoms with van der Waals surface area (Å²) in [7, 11) is 3.10. The van der Waals surface area contributed by atoms with Crippen LogP contribution < -0.4 is 25.2 Å². The number of anilines is 2. The molecule has 1 fully saturated rings. The van der Waals surface area contributed by atoms with Crippen LogP contribution in [0, 0.1) is 0 Å². The quantitative estimate of drug-likeness (QED) is 0.630. The predicted octanol–water partition coefficient (Wildman–Crippen LogP) is 3.04. The van der Waals surface area contributed by atoms with Crippen molar-refractivity contribution in [3.63, 3.8) is 0 Å². The van der Waals surface area contributed by atoms with Gasteiger partial charge in [0.2, 0.25) is 5.91 Å². The van der Waals surface area contributed by atoms with Crippen LogP contribution in [-0.4, -0.2) is 42.8 Å². The first-order chi connectivity index (χ1) is 15.1. The Labute approximate surface area is 180 Å². The van der Waals surface area contributed by atoms with E-state index in [-0.39, 0.29) is 24.4 Å². The third kappa shape index (κ3) is 4.33. The predicted molar refractivity (Wildman–Crippen MR) is 120 cm³/mol. The van der Waals surface area contributed by atoms with Crippen LogP contribution in [0.1, 0.15) is 19.3 Å². The molecule has 8 nitrogen and oxygen atoms in total. The van der Waals surface area contributed by atoms with Crippen LogP contribution in [0.15, 0.2) is 47.3 Å². The smallest absolute Gasteiger partial charge is 0.294 e. The van der Waals surface area contributed by atoms with E-state index in [4.69, 9.17) is 9.47 Å². The molecule has 2 heterocycles. The summed E-state index contributed by atoms with van der Waals surface area (Å²) in [6.07, 6.45) is 2.25. The highest BCUT2D eigenvalue weighted by atomic mass is 16.5. The van der Waals surface area contributed by atoms with Crippen LogP contribution in [0.3, 0.4) is 0 Å². The van der Waals surface area contributed by atoms with Crippen molar-refractivity contribution in [2.45, 2.75) is 25.8 Å². The minimum absolute atomic E-state index is 0.141. The molecule has 1 aliphatic rings. The Balaban J connectivity index is 1.57. The first kappa shape index (κ1) is 20.7. The molecule has 8 heteroatoms. The van der Waals surface area contributed by atoms with Crippen LogP contribution in [-0.2, 0) is 11.3 Å². The molecule has 0 aliphatic carbocycles. The van der Waals surface area contributed by atoms with Gasteiger partial charge in [-0.15, -0.1) is 0 Å². The van der Waals surface area contributed by atoms with Gasteiger partial charge >= 0.3 is 0 Å². The summed E-state index contributed by atoms with van der Waals surface area (Å²) in [6.45, 7) is 1.92. The summed E-state index contributed by atoms with van der Waals surface area (Å²) in [5.41, 5.74) is 1.87. The van der Waals surface area contributed by atoms with Gasteiger partial charge in [0.05, 0.1) is 30.9 Å². The molecule has 0 atom stereocenters. The highest BCUT2D eigenvalue weighted by molar-refractivity contribution is 5.92. The van der Waals surface area contributed by atoms with Crippen LogP contribution in [0.25, 0.3) is 11.0 Å². The molecule has 0 unspecified atom stereocenters. The Bertz CT molecular complexity index is 1150. The van der Waals surface area contributed by atoms with E-state index in [2.05, 4.69) is 10.3 Å². The fraction of sp³-hybridized carbons (Fsp3) is 0.348. The van der Waals surface area contributed by atoms with Gasteiger partial charge in [0.15, 0.2) is 5.82 Å². The molecule has 1 amide bonds. The zero-order valence-corrected chi connectivity index (χ0v) is 17.8. The molecule has 31 heavy (non-hydrogen) atoms. The zero-order chi connectivity index (χ0) is 21.8. The Morgan fingerprint density at radius 2 is 1.87 bits per heavy atom. The summed E-state index contributed by atoms with van der Waals surface area (Å²) in [4.78, 5) is 32.5. The molecule has 0 saturated carbocycles. The number of benzene rings is 2. The third-order valence-corrected chi connectivity index (χ3v) is 5.49. The van der Waals surface area contributed by atoms with Gasteiger partial charge in [-0.2, -0.15) is 0 Å². The van der Waals surface area contributed by atoms with Crippen molar-refractivity contribution in [2.75, 3.05) is 37.5 Å². The van der Waals surface area contributed by atoms with E-state index in [1.54, 1.807) is 29.9 Å². The van der Waals surface area contributed by atoms with Gasteiger partial charge in [0, 0.05) is 32.1 Å². The van der Waals surface area contributed by atoms with Crippen molar-refractivity contribution in [3.05, 3.63) is 52.8 Å². The number of amides is 1. The molecule has 0 spiro atoms. The molecule has 1 aliphatic heterocycles. The largest absolute Gasteiger partial charge is 0.497 e. The lowest BCUT2D eigenvalue weighted by Crippen LogP contribution is -2.32. The highest BCUT2D eigenvalue weighted by Gasteiger charge is 2.20. The van der Waals surface area contributed by atoms with E-state index < -0.39 is 0 Å². The highest BCUT2D eigenvalue weighted by Crippen LogP contribution is 2.29. The summed E-state index contributed by atoms with van der Waals surface area (Å²) < 4.78 is 12.2. The number of fused-ring (bicyclic) bond motifs is 1. The molecule has 162 valence electrons. The summed E-state index contributed by atoms with van der Waals surface area (Å²) in [6, 6.07) is 12.7. The molecule has 1 N–H and O–H groups in total. The van der Waals surface area contributed by atoms with Crippen molar-refractivity contribution in [1.82, 2.24) is 9.55 Å². The van der Waals surface area contributed by atoms with Crippen LogP contribution >= 0.6 is 0 Å². The van der Waals surface area contributed by atoms with Gasteiger partial charge in [-0.25, -0.2) is 4.98 Å². The Morgan fingerprint density at radius 3 is 2.61 bits per heavy atom. The lowest BCUT2D eigenvalue weighted by atomic mass is 10.2. The number of aromatic nitrogens is 2. The van der Waals surface area contributed by atoms with E-state index in [1.807, 2.05) is 29.2 Å². The van der Waals surface area contributed by atoms with Gasteiger partial charge in [-0.3, -0.25) is 9.59 Å². The topological polar surface area (TPSA) is 85.7 Å². The van der Waals surface area contributed by atoms with Crippen LogP contribution in [0.5, 0.6) is 11.5 Å². The number of aryl methyl sites for hydroxylation is 1. The number of nitrogens with zero attached hydrogens (tertiary/aromatic N) is 3. The van der Waals surface area contributed by atoms with E-state index in [1.165, 1.54) is 7.11 Å². The molecule has 0 bridgehead atoms. The first-order valence-corrected chi connectivity index (χ1v) is 10.4. The molecule has 3 aromatic rings. The lowest BCUT2D eigenvalue weighted by Gasteiger charge is -2.19. The van der Waals surface area contributed by atoms with Crippen molar-refractivity contribution in [3.8, 4) is 11.5 Å². The molecular weight excluding hydrogens is 396 g/mol. The number of para-hydroxylation sites is 2. The second-order valence-corrected chi connectivity index (χ2v) is 7.44. The molecular formula is C23H26N4O4. The summed E-state index contributed by atoms with van der Waals surface area (Å²) in [5, 5.41) is 2.86. The Morgan fingerprint density at radius 1 is 1.10 bits per heavy atom. The number of hydrogen-bond acceptors (Lipinski definition) is 6. The van der Waals surface area contributed by atoms with Crippen molar-refractivity contribution < 1.29 is 14.3 Å². The average molecular weight is 422 g/mol. The Hall–Kier alpha value is -3.55. The normalized spacial score (nSPS) is 13.4. The van der Waals surface area contributed by atoms with Crippen molar-refractivity contribution in [2.24, 2.45) is 0 Å². The summed E-state index contributed by atoms with van der Waals surface area (Å²) in [5.74, 6) is 1.40. The fourth-order valence-electron chi connectivity index (χ4n) is 3.86. The number of nitrogens with one attached hydrogen (secondary N) is 1. The van der Waals surface area contributed by atoms with Gasteiger partial charge in [-0.05, 0) is 37.1 Å². The van der Waals surface area contributed by atoms with E-state index in [9.17, 15) is 9.59 Å². The maximum atomic E-state index is 13.2. The van der Waals surface area contributed by atoms with Gasteiger partial charge in [0.25, 0.3) is 5.56 Å². The van der Waals surface area contributed by atoms with Crippen molar-refractivity contribution >= 4 is 28.4 Å². The average Bonchev–Trinajstić information content (AvgIpc) is 3.33. The van der Waals surface area contributed by atoms with Crippen LogP contribution in [0.2, 0.25) is 0 Å².